The maximum Gasteiger partial charge on any atom is 0.323 e. The number of hydrogen-bond acceptors (Lipinski definition) is 4. The zero-order chi connectivity index (χ0) is 16.7. The minimum atomic E-state index is -0.377. The maximum atomic E-state index is 12.2. The molecule has 2 rings (SSSR count). The largest absolute Gasteiger partial charge is 0.465 e. The van der Waals surface area contributed by atoms with Gasteiger partial charge >= 0.3 is 5.97 Å². The summed E-state index contributed by atoms with van der Waals surface area (Å²) in [5.41, 5.74) is 2.14. The molecule has 1 aliphatic heterocycles. The van der Waals surface area contributed by atoms with Gasteiger partial charge in [-0.1, -0.05) is 55.5 Å². The van der Waals surface area contributed by atoms with Crippen molar-refractivity contribution in [2.24, 2.45) is 5.92 Å². The fourth-order valence-corrected chi connectivity index (χ4v) is 2.77. The molecular weight excluding hydrogens is 308 g/mol. The number of esters is 1. The fraction of sp³-hybridized carbons (Fsp3) is 0.444. The first kappa shape index (κ1) is 17.6. The molecule has 0 saturated carbocycles. The normalized spacial score (nSPS) is 18.8. The van der Waals surface area contributed by atoms with E-state index in [-0.39, 0.29) is 12.0 Å². The Balaban J connectivity index is 2.02. The van der Waals surface area contributed by atoms with E-state index in [1.165, 1.54) is 0 Å². The molecule has 23 heavy (non-hydrogen) atoms. The van der Waals surface area contributed by atoms with Crippen LogP contribution in [0.4, 0.5) is 0 Å². The lowest BCUT2D eigenvalue weighted by Crippen LogP contribution is -2.43. The van der Waals surface area contributed by atoms with Crippen LogP contribution in [-0.2, 0) is 16.0 Å². The smallest absolute Gasteiger partial charge is 0.323 e. The second-order valence-corrected chi connectivity index (χ2v) is 6.16. The summed E-state index contributed by atoms with van der Waals surface area (Å²) in [4.78, 5) is 13.0. The van der Waals surface area contributed by atoms with Crippen molar-refractivity contribution in [3.8, 4) is 0 Å². The Morgan fingerprint density at radius 1 is 1.43 bits per heavy atom. The van der Waals surface area contributed by atoms with Crippen LogP contribution in [0.1, 0.15) is 19.4 Å². The van der Waals surface area contributed by atoms with E-state index in [1.807, 2.05) is 37.3 Å². The molecule has 0 aromatic heterocycles. The molecule has 5 heteroatoms. The summed E-state index contributed by atoms with van der Waals surface area (Å²) >= 11 is 5.34. The molecule has 1 aliphatic rings. The van der Waals surface area contributed by atoms with E-state index < -0.39 is 0 Å². The SMILES string of the molecule is CCOC(=O)C(Cc1ccccc1)NCC1=CC(C)CNC1=S. The first-order chi connectivity index (χ1) is 11.1. The van der Waals surface area contributed by atoms with Gasteiger partial charge in [0, 0.05) is 13.1 Å². The quantitative estimate of drug-likeness (QED) is 0.592. The van der Waals surface area contributed by atoms with E-state index in [0.29, 0.717) is 25.5 Å². The summed E-state index contributed by atoms with van der Waals surface area (Å²) in [6.07, 6.45) is 2.76. The lowest BCUT2D eigenvalue weighted by atomic mass is 10.0. The Kier molecular flexibility index (Phi) is 6.74. The van der Waals surface area contributed by atoms with Gasteiger partial charge in [0.1, 0.15) is 11.0 Å². The highest BCUT2D eigenvalue weighted by Crippen LogP contribution is 2.11. The zero-order valence-electron chi connectivity index (χ0n) is 13.7. The summed E-state index contributed by atoms with van der Waals surface area (Å²) in [5, 5.41) is 6.52. The second kappa shape index (κ2) is 8.79. The summed E-state index contributed by atoms with van der Waals surface area (Å²) < 4.78 is 5.19. The summed E-state index contributed by atoms with van der Waals surface area (Å²) in [5.74, 6) is 0.216. The number of hydrogen-bond donors (Lipinski definition) is 2. The number of carbonyl (C=O) groups excluding carboxylic acids is 1. The molecule has 2 N–H and O–H groups in total. The van der Waals surface area contributed by atoms with Crippen molar-refractivity contribution in [3.63, 3.8) is 0 Å². The fourth-order valence-electron chi connectivity index (χ4n) is 2.55. The number of benzene rings is 1. The van der Waals surface area contributed by atoms with Gasteiger partial charge in [-0.2, -0.15) is 0 Å². The van der Waals surface area contributed by atoms with Crippen LogP contribution >= 0.6 is 12.2 Å². The molecule has 1 aromatic rings. The number of ether oxygens (including phenoxy) is 1. The van der Waals surface area contributed by atoms with Gasteiger partial charge in [0.2, 0.25) is 0 Å². The summed E-state index contributed by atoms with van der Waals surface area (Å²) in [6.45, 7) is 5.77. The van der Waals surface area contributed by atoms with Crippen molar-refractivity contribution >= 4 is 23.2 Å². The van der Waals surface area contributed by atoms with E-state index in [9.17, 15) is 4.79 Å². The third kappa shape index (κ3) is 5.44. The molecule has 4 nitrogen and oxygen atoms in total. The second-order valence-electron chi connectivity index (χ2n) is 5.75. The number of rotatable bonds is 7. The third-order valence-corrected chi connectivity index (χ3v) is 4.16. The Morgan fingerprint density at radius 3 is 2.87 bits per heavy atom. The first-order valence-electron chi connectivity index (χ1n) is 8.03. The van der Waals surface area contributed by atoms with Gasteiger partial charge < -0.3 is 10.1 Å². The average Bonchev–Trinajstić information content (AvgIpc) is 2.55. The van der Waals surface area contributed by atoms with E-state index in [2.05, 4.69) is 23.6 Å². The number of carbonyl (C=O) groups is 1. The van der Waals surface area contributed by atoms with Crippen LogP contribution < -0.4 is 10.6 Å². The molecule has 2 atom stereocenters. The minimum Gasteiger partial charge on any atom is -0.465 e. The predicted molar refractivity (Wildman–Crippen MR) is 96.4 cm³/mol. The Hall–Kier alpha value is -1.72. The molecule has 0 saturated heterocycles. The van der Waals surface area contributed by atoms with Crippen LogP contribution in [0.25, 0.3) is 0 Å². The van der Waals surface area contributed by atoms with Crippen molar-refractivity contribution in [3.05, 3.63) is 47.5 Å². The topological polar surface area (TPSA) is 50.4 Å². The van der Waals surface area contributed by atoms with Gasteiger partial charge in [0.15, 0.2) is 0 Å². The Bertz CT molecular complexity index is 572. The maximum absolute atomic E-state index is 12.2. The highest BCUT2D eigenvalue weighted by atomic mass is 32.1. The molecule has 0 aliphatic carbocycles. The highest BCUT2D eigenvalue weighted by molar-refractivity contribution is 7.80. The Labute approximate surface area is 143 Å². The van der Waals surface area contributed by atoms with Crippen molar-refractivity contribution in [2.75, 3.05) is 19.7 Å². The molecule has 0 amide bonds. The molecule has 124 valence electrons. The van der Waals surface area contributed by atoms with Crippen LogP contribution in [0.15, 0.2) is 42.0 Å². The molecule has 2 unspecified atom stereocenters. The molecular formula is C18H24N2O2S. The number of thiocarbonyl (C=S) groups is 1. The zero-order valence-corrected chi connectivity index (χ0v) is 14.5. The Morgan fingerprint density at radius 2 is 2.17 bits per heavy atom. The van der Waals surface area contributed by atoms with Gasteiger partial charge in [-0.3, -0.25) is 10.1 Å². The van der Waals surface area contributed by atoms with Gasteiger partial charge in [-0.25, -0.2) is 0 Å². The standard InChI is InChI=1S/C18H24N2O2S/c1-3-22-18(21)16(10-14-7-5-4-6-8-14)19-12-15-9-13(2)11-20-17(15)23/h4-9,13,16,19H,3,10-12H2,1-2H3,(H,20,23). The molecule has 0 radical (unpaired) electrons. The van der Waals surface area contributed by atoms with E-state index in [1.54, 1.807) is 0 Å². The summed E-state index contributed by atoms with van der Waals surface area (Å²) in [7, 11) is 0. The molecule has 0 bridgehead atoms. The highest BCUT2D eigenvalue weighted by Gasteiger charge is 2.22. The predicted octanol–water partition coefficient (Wildman–Crippen LogP) is 2.24. The molecule has 1 aromatic carbocycles. The molecule has 0 spiro atoms. The van der Waals surface area contributed by atoms with Crippen LogP contribution in [0, 0.1) is 5.92 Å². The van der Waals surface area contributed by atoms with Gasteiger partial charge in [-0.15, -0.1) is 0 Å². The monoisotopic (exact) mass is 332 g/mol. The van der Waals surface area contributed by atoms with E-state index >= 15 is 0 Å². The van der Waals surface area contributed by atoms with Crippen LogP contribution in [0.2, 0.25) is 0 Å². The van der Waals surface area contributed by atoms with Crippen LogP contribution in [0.5, 0.6) is 0 Å². The third-order valence-electron chi connectivity index (χ3n) is 3.75. The van der Waals surface area contributed by atoms with E-state index in [0.717, 1.165) is 22.7 Å². The molecule has 0 fully saturated rings. The van der Waals surface area contributed by atoms with Gasteiger partial charge in [0.05, 0.1) is 6.61 Å². The summed E-state index contributed by atoms with van der Waals surface area (Å²) in [6, 6.07) is 9.57. The van der Waals surface area contributed by atoms with Crippen molar-refractivity contribution in [1.82, 2.24) is 10.6 Å². The lowest BCUT2D eigenvalue weighted by Gasteiger charge is -2.23. The van der Waals surface area contributed by atoms with Gasteiger partial charge in [-0.05, 0) is 30.4 Å². The minimum absolute atomic E-state index is 0.223. The van der Waals surface area contributed by atoms with E-state index in [4.69, 9.17) is 17.0 Å². The number of nitrogens with one attached hydrogen (secondary N) is 2. The van der Waals surface area contributed by atoms with Crippen molar-refractivity contribution < 1.29 is 9.53 Å². The van der Waals surface area contributed by atoms with Crippen LogP contribution in [0.3, 0.4) is 0 Å². The van der Waals surface area contributed by atoms with Gasteiger partial charge in [0.25, 0.3) is 0 Å². The van der Waals surface area contributed by atoms with Crippen molar-refractivity contribution in [2.45, 2.75) is 26.3 Å². The van der Waals surface area contributed by atoms with Crippen LogP contribution in [-0.4, -0.2) is 36.7 Å². The molecule has 1 heterocycles. The average molecular weight is 332 g/mol. The van der Waals surface area contributed by atoms with Crippen molar-refractivity contribution in [1.29, 1.82) is 0 Å². The lowest BCUT2D eigenvalue weighted by molar-refractivity contribution is -0.145. The first-order valence-corrected chi connectivity index (χ1v) is 8.43.